The van der Waals surface area contributed by atoms with Crippen molar-refractivity contribution in [3.8, 4) is 0 Å². The molecule has 0 aliphatic heterocycles. The van der Waals surface area contributed by atoms with E-state index in [1.165, 1.54) is 18.2 Å². The minimum absolute atomic E-state index is 0.0344. The summed E-state index contributed by atoms with van der Waals surface area (Å²) < 4.78 is 0. The predicted molar refractivity (Wildman–Crippen MR) is 75.7 cm³/mol. The molecule has 104 valence electrons. The van der Waals surface area contributed by atoms with E-state index in [2.05, 4.69) is 19.7 Å². The first-order valence-corrected chi connectivity index (χ1v) is 6.27. The largest absolute Gasteiger partial charge is 0.339 e. The molecule has 0 aromatic carbocycles. The van der Waals surface area contributed by atoms with Crippen LogP contribution >= 0.6 is 0 Å². The highest BCUT2D eigenvalue weighted by molar-refractivity contribution is 5.90. The van der Waals surface area contributed by atoms with Gasteiger partial charge in [0.15, 0.2) is 11.6 Å². The van der Waals surface area contributed by atoms with Crippen molar-refractivity contribution in [2.75, 3.05) is 13.1 Å². The molecule has 0 saturated carbocycles. The molecule has 0 spiro atoms. The Bertz CT molecular complexity index is 346. The number of nitrogens with zero attached hydrogens (tertiary/aromatic N) is 1. The maximum Gasteiger partial charge on any atom is 0.245 e. The van der Waals surface area contributed by atoms with Crippen LogP contribution in [0.3, 0.4) is 0 Å². The molecule has 0 unspecified atom stereocenters. The van der Waals surface area contributed by atoms with Crippen molar-refractivity contribution in [1.29, 1.82) is 0 Å². The zero-order valence-electron chi connectivity index (χ0n) is 11.3. The van der Waals surface area contributed by atoms with Crippen LogP contribution in [0.2, 0.25) is 0 Å². The van der Waals surface area contributed by atoms with E-state index in [9.17, 15) is 14.4 Å². The Morgan fingerprint density at radius 3 is 1.53 bits per heavy atom. The van der Waals surface area contributed by atoms with Crippen molar-refractivity contribution in [2.45, 2.75) is 25.7 Å². The van der Waals surface area contributed by atoms with E-state index in [0.29, 0.717) is 38.8 Å². The summed E-state index contributed by atoms with van der Waals surface area (Å²) in [6, 6.07) is 0. The third-order valence-electron chi connectivity index (χ3n) is 2.64. The van der Waals surface area contributed by atoms with E-state index in [1.807, 2.05) is 0 Å². The van der Waals surface area contributed by atoms with Crippen LogP contribution in [0.4, 0.5) is 0 Å². The van der Waals surface area contributed by atoms with Gasteiger partial charge >= 0.3 is 0 Å². The second-order valence-corrected chi connectivity index (χ2v) is 4.08. The minimum atomic E-state index is -0.183. The van der Waals surface area contributed by atoms with Gasteiger partial charge in [-0.15, -0.1) is 0 Å². The monoisotopic (exact) mass is 263 g/mol. The molecular formula is C15H21NO3. The Morgan fingerprint density at radius 2 is 1.21 bits per heavy atom. The molecule has 0 aromatic rings. The van der Waals surface area contributed by atoms with Gasteiger partial charge in [-0.1, -0.05) is 19.7 Å². The first-order valence-electron chi connectivity index (χ1n) is 6.27. The summed E-state index contributed by atoms with van der Waals surface area (Å²) in [6.45, 7) is 11.2. The van der Waals surface area contributed by atoms with Crippen LogP contribution in [0, 0.1) is 0 Å². The molecule has 0 aliphatic rings. The quantitative estimate of drug-likeness (QED) is 0.536. The van der Waals surface area contributed by atoms with Crippen molar-refractivity contribution in [3.63, 3.8) is 0 Å². The van der Waals surface area contributed by atoms with Crippen LogP contribution < -0.4 is 0 Å². The molecule has 1 amide bonds. The van der Waals surface area contributed by atoms with E-state index < -0.39 is 0 Å². The normalized spacial score (nSPS) is 9.47. The molecule has 0 radical (unpaired) electrons. The lowest BCUT2D eigenvalue weighted by Crippen LogP contribution is -2.31. The first-order chi connectivity index (χ1) is 9.04. The van der Waals surface area contributed by atoms with Gasteiger partial charge in [0.05, 0.1) is 0 Å². The fraction of sp³-hybridized carbons (Fsp3) is 0.400. The Hall–Kier alpha value is -1.97. The van der Waals surface area contributed by atoms with Gasteiger partial charge in [0.2, 0.25) is 5.91 Å². The standard InChI is InChI=1S/C15H21NO3/c1-4-13(17)9-7-11-16(15(19)6-3)12-8-10-14(18)5-2/h4-6H,1-3,7-12H2. The van der Waals surface area contributed by atoms with Crippen LogP contribution in [-0.4, -0.2) is 35.5 Å². The van der Waals surface area contributed by atoms with Crippen molar-refractivity contribution >= 4 is 17.5 Å². The van der Waals surface area contributed by atoms with E-state index in [-0.39, 0.29) is 17.5 Å². The Morgan fingerprint density at radius 1 is 0.789 bits per heavy atom. The number of ketones is 2. The molecule has 4 nitrogen and oxygen atoms in total. The summed E-state index contributed by atoms with van der Waals surface area (Å²) in [5.41, 5.74) is 0. The van der Waals surface area contributed by atoms with Crippen LogP contribution in [-0.2, 0) is 14.4 Å². The number of rotatable bonds is 11. The summed E-state index contributed by atoms with van der Waals surface area (Å²) in [4.78, 5) is 35.4. The molecule has 0 heterocycles. The fourth-order valence-electron chi connectivity index (χ4n) is 1.55. The molecule has 0 fully saturated rings. The predicted octanol–water partition coefficient (Wildman–Crippen LogP) is 2.07. The van der Waals surface area contributed by atoms with Crippen molar-refractivity contribution in [1.82, 2.24) is 4.90 Å². The Labute approximate surface area is 114 Å². The van der Waals surface area contributed by atoms with Crippen LogP contribution in [0.1, 0.15) is 25.7 Å². The van der Waals surface area contributed by atoms with Crippen molar-refractivity contribution < 1.29 is 14.4 Å². The average Bonchev–Trinajstić information content (AvgIpc) is 2.44. The van der Waals surface area contributed by atoms with Gasteiger partial charge in [0.25, 0.3) is 0 Å². The minimum Gasteiger partial charge on any atom is -0.339 e. The smallest absolute Gasteiger partial charge is 0.245 e. The topological polar surface area (TPSA) is 54.5 Å². The molecule has 0 atom stereocenters. The molecule has 0 aliphatic carbocycles. The maximum atomic E-state index is 11.6. The molecule has 0 saturated heterocycles. The van der Waals surface area contributed by atoms with E-state index >= 15 is 0 Å². The Kier molecular flexibility index (Phi) is 8.96. The van der Waals surface area contributed by atoms with Gasteiger partial charge in [-0.25, -0.2) is 0 Å². The molecule has 0 N–H and O–H groups in total. The van der Waals surface area contributed by atoms with E-state index in [4.69, 9.17) is 0 Å². The third-order valence-corrected chi connectivity index (χ3v) is 2.64. The summed E-state index contributed by atoms with van der Waals surface area (Å²) in [7, 11) is 0. The van der Waals surface area contributed by atoms with Crippen molar-refractivity contribution in [2.24, 2.45) is 0 Å². The number of carbonyl (C=O) groups is 3. The van der Waals surface area contributed by atoms with Crippen LogP contribution in [0.15, 0.2) is 38.0 Å². The number of amides is 1. The number of hydrogen-bond donors (Lipinski definition) is 0. The molecule has 4 heteroatoms. The van der Waals surface area contributed by atoms with Gasteiger partial charge in [-0.2, -0.15) is 0 Å². The SMILES string of the molecule is C=CC(=O)CCCN(CCCC(=O)C=C)C(=O)C=C. The lowest BCUT2D eigenvalue weighted by Gasteiger charge is -2.20. The van der Waals surface area contributed by atoms with Gasteiger partial charge in [0.1, 0.15) is 0 Å². The van der Waals surface area contributed by atoms with Gasteiger partial charge in [-0.3, -0.25) is 14.4 Å². The summed E-state index contributed by atoms with van der Waals surface area (Å²) in [5.74, 6) is -0.252. The maximum absolute atomic E-state index is 11.6. The van der Waals surface area contributed by atoms with Crippen molar-refractivity contribution in [3.05, 3.63) is 38.0 Å². The summed E-state index contributed by atoms with van der Waals surface area (Å²) in [6.07, 6.45) is 5.71. The summed E-state index contributed by atoms with van der Waals surface area (Å²) >= 11 is 0. The number of allylic oxidation sites excluding steroid dienone is 2. The van der Waals surface area contributed by atoms with Crippen LogP contribution in [0.25, 0.3) is 0 Å². The zero-order valence-corrected chi connectivity index (χ0v) is 11.3. The second kappa shape index (κ2) is 10.00. The molecule has 0 bridgehead atoms. The van der Waals surface area contributed by atoms with E-state index in [1.54, 1.807) is 4.90 Å². The Balaban J connectivity index is 4.16. The highest BCUT2D eigenvalue weighted by Crippen LogP contribution is 2.02. The highest BCUT2D eigenvalue weighted by atomic mass is 16.2. The van der Waals surface area contributed by atoms with Gasteiger partial charge < -0.3 is 4.90 Å². The molecule has 19 heavy (non-hydrogen) atoms. The van der Waals surface area contributed by atoms with Gasteiger partial charge in [-0.05, 0) is 31.1 Å². The summed E-state index contributed by atoms with van der Waals surface area (Å²) in [5, 5.41) is 0. The third kappa shape index (κ3) is 7.86. The average molecular weight is 263 g/mol. The van der Waals surface area contributed by atoms with Crippen LogP contribution in [0.5, 0.6) is 0 Å². The fourth-order valence-corrected chi connectivity index (χ4v) is 1.55. The van der Waals surface area contributed by atoms with E-state index in [0.717, 1.165) is 0 Å². The number of carbonyl (C=O) groups excluding carboxylic acids is 3. The number of hydrogen-bond acceptors (Lipinski definition) is 3. The molecule has 0 aromatic heterocycles. The molecule has 0 rings (SSSR count). The lowest BCUT2D eigenvalue weighted by atomic mass is 10.2. The first kappa shape index (κ1) is 17.0. The molecular weight excluding hydrogens is 242 g/mol. The van der Waals surface area contributed by atoms with Gasteiger partial charge in [0, 0.05) is 25.9 Å². The zero-order chi connectivity index (χ0) is 14.7. The lowest BCUT2D eigenvalue weighted by molar-refractivity contribution is -0.127. The highest BCUT2D eigenvalue weighted by Gasteiger charge is 2.10. The second-order valence-electron chi connectivity index (χ2n) is 4.08.